The zero-order valence-electron chi connectivity index (χ0n) is 15.9. The molecular weight excluding hydrogens is 392 g/mol. The van der Waals surface area contributed by atoms with E-state index in [1.807, 2.05) is 19.1 Å². The summed E-state index contributed by atoms with van der Waals surface area (Å²) in [5.74, 6) is -0.454. The van der Waals surface area contributed by atoms with Crippen molar-refractivity contribution in [2.45, 2.75) is 19.8 Å². The van der Waals surface area contributed by atoms with Gasteiger partial charge in [-0.25, -0.2) is 18.4 Å². The Morgan fingerprint density at radius 2 is 1.90 bits per heavy atom. The highest BCUT2D eigenvalue weighted by Gasteiger charge is 2.22. The highest BCUT2D eigenvalue weighted by atomic mass is 19.3. The zero-order chi connectivity index (χ0) is 21.1. The van der Waals surface area contributed by atoms with Gasteiger partial charge in [-0.05, 0) is 36.2 Å². The van der Waals surface area contributed by atoms with Gasteiger partial charge in [0.2, 0.25) is 5.89 Å². The fourth-order valence-corrected chi connectivity index (χ4v) is 2.85. The van der Waals surface area contributed by atoms with Crippen LogP contribution in [-0.2, 0) is 6.42 Å². The maximum Gasteiger partial charge on any atom is 0.284 e. The molecule has 0 aliphatic heterocycles. The SMILES string of the molecule is CCc1ccc(-n2cc(NC(=O)c3coc(-c4ccncc4)n3)c(C(F)F)n2)cc1. The summed E-state index contributed by atoms with van der Waals surface area (Å²) in [4.78, 5) is 20.6. The quantitative estimate of drug-likeness (QED) is 0.500. The number of hydrogen-bond donors (Lipinski definition) is 1. The predicted octanol–water partition coefficient (Wildman–Crippen LogP) is 4.67. The van der Waals surface area contributed by atoms with Crippen molar-refractivity contribution < 1.29 is 18.0 Å². The third kappa shape index (κ3) is 3.95. The number of nitrogens with one attached hydrogen (secondary N) is 1. The normalized spacial score (nSPS) is 11.1. The number of pyridine rings is 1. The molecule has 4 aromatic rings. The van der Waals surface area contributed by atoms with E-state index in [0.29, 0.717) is 11.3 Å². The fourth-order valence-electron chi connectivity index (χ4n) is 2.85. The van der Waals surface area contributed by atoms with Crippen molar-refractivity contribution in [2.24, 2.45) is 0 Å². The second kappa shape index (κ2) is 8.24. The van der Waals surface area contributed by atoms with Gasteiger partial charge in [0.1, 0.15) is 6.26 Å². The molecule has 1 N–H and O–H groups in total. The van der Waals surface area contributed by atoms with Crippen LogP contribution in [-0.4, -0.2) is 25.7 Å². The van der Waals surface area contributed by atoms with Gasteiger partial charge in [0.05, 0.1) is 17.6 Å². The summed E-state index contributed by atoms with van der Waals surface area (Å²) in [5, 5.41) is 6.38. The third-order valence-corrected chi connectivity index (χ3v) is 4.47. The number of aryl methyl sites for hydroxylation is 1. The number of aromatic nitrogens is 4. The van der Waals surface area contributed by atoms with Crippen molar-refractivity contribution in [1.29, 1.82) is 0 Å². The molecule has 3 aromatic heterocycles. The topological polar surface area (TPSA) is 85.8 Å². The zero-order valence-corrected chi connectivity index (χ0v) is 15.9. The number of rotatable bonds is 6. The molecule has 0 aliphatic rings. The van der Waals surface area contributed by atoms with Crippen LogP contribution in [0.25, 0.3) is 17.1 Å². The Morgan fingerprint density at radius 1 is 1.17 bits per heavy atom. The van der Waals surface area contributed by atoms with Crippen LogP contribution >= 0.6 is 0 Å². The van der Waals surface area contributed by atoms with Crippen LogP contribution in [0.3, 0.4) is 0 Å². The Labute approximate surface area is 170 Å². The van der Waals surface area contributed by atoms with E-state index in [-0.39, 0.29) is 17.3 Å². The number of carbonyl (C=O) groups excluding carboxylic acids is 1. The molecule has 1 amide bonds. The molecule has 0 atom stereocenters. The molecule has 9 heteroatoms. The summed E-state index contributed by atoms with van der Waals surface area (Å²) >= 11 is 0. The van der Waals surface area contributed by atoms with Crippen molar-refractivity contribution in [3.8, 4) is 17.1 Å². The molecule has 1 aromatic carbocycles. The Balaban J connectivity index is 1.58. The van der Waals surface area contributed by atoms with Crippen molar-refractivity contribution in [2.75, 3.05) is 5.32 Å². The molecule has 0 aliphatic carbocycles. The molecule has 0 bridgehead atoms. The number of benzene rings is 1. The lowest BCUT2D eigenvalue weighted by Crippen LogP contribution is -2.13. The molecule has 0 fully saturated rings. The number of carbonyl (C=O) groups is 1. The molecule has 3 heterocycles. The summed E-state index contributed by atoms with van der Waals surface area (Å²) < 4.78 is 33.6. The molecule has 4 rings (SSSR count). The van der Waals surface area contributed by atoms with Crippen LogP contribution in [0.1, 0.15) is 35.1 Å². The molecule has 0 spiro atoms. The molecule has 30 heavy (non-hydrogen) atoms. The maximum atomic E-state index is 13.5. The molecule has 0 saturated heterocycles. The van der Waals surface area contributed by atoms with Crippen LogP contribution in [0.2, 0.25) is 0 Å². The van der Waals surface area contributed by atoms with E-state index in [1.165, 1.54) is 17.1 Å². The van der Waals surface area contributed by atoms with Crippen LogP contribution in [0.5, 0.6) is 0 Å². The smallest absolute Gasteiger partial charge is 0.284 e. The van der Waals surface area contributed by atoms with Gasteiger partial charge in [-0.15, -0.1) is 0 Å². The predicted molar refractivity (Wildman–Crippen MR) is 106 cm³/mol. The van der Waals surface area contributed by atoms with Gasteiger partial charge >= 0.3 is 0 Å². The van der Waals surface area contributed by atoms with Gasteiger partial charge in [-0.3, -0.25) is 9.78 Å². The summed E-state index contributed by atoms with van der Waals surface area (Å²) in [5.41, 5.74) is 1.70. The van der Waals surface area contributed by atoms with Crippen molar-refractivity contribution in [3.05, 3.63) is 78.2 Å². The number of hydrogen-bond acceptors (Lipinski definition) is 5. The number of nitrogens with zero attached hydrogens (tertiary/aromatic N) is 4. The number of oxazole rings is 1. The summed E-state index contributed by atoms with van der Waals surface area (Å²) in [7, 11) is 0. The number of halogens is 2. The molecule has 7 nitrogen and oxygen atoms in total. The van der Waals surface area contributed by atoms with E-state index in [1.54, 1.807) is 36.7 Å². The molecule has 0 radical (unpaired) electrons. The Hall–Kier alpha value is -3.88. The van der Waals surface area contributed by atoms with Gasteiger partial charge in [0, 0.05) is 18.0 Å². The largest absolute Gasteiger partial charge is 0.444 e. The van der Waals surface area contributed by atoms with Crippen LogP contribution in [0, 0.1) is 0 Å². The third-order valence-electron chi connectivity index (χ3n) is 4.47. The second-order valence-corrected chi connectivity index (χ2v) is 6.42. The second-order valence-electron chi connectivity index (χ2n) is 6.42. The minimum absolute atomic E-state index is 0.0397. The maximum absolute atomic E-state index is 13.5. The average Bonchev–Trinajstić information content (AvgIpc) is 3.42. The first-order valence-corrected chi connectivity index (χ1v) is 9.19. The van der Waals surface area contributed by atoms with Crippen LogP contribution in [0.15, 0.2) is 65.7 Å². The first-order valence-electron chi connectivity index (χ1n) is 9.19. The monoisotopic (exact) mass is 409 g/mol. The number of amides is 1. The Morgan fingerprint density at radius 3 is 2.57 bits per heavy atom. The van der Waals surface area contributed by atoms with Gasteiger partial charge in [-0.1, -0.05) is 19.1 Å². The first-order chi connectivity index (χ1) is 14.5. The van der Waals surface area contributed by atoms with Gasteiger partial charge in [0.15, 0.2) is 11.4 Å². The van der Waals surface area contributed by atoms with Gasteiger partial charge < -0.3 is 9.73 Å². The highest BCUT2D eigenvalue weighted by Crippen LogP contribution is 2.28. The minimum Gasteiger partial charge on any atom is -0.444 e. The fraction of sp³-hybridized carbons (Fsp3) is 0.143. The average molecular weight is 409 g/mol. The lowest BCUT2D eigenvalue weighted by Gasteiger charge is -2.02. The molecule has 152 valence electrons. The molecular formula is C21H17F2N5O2. The molecule has 0 unspecified atom stereocenters. The Bertz CT molecular complexity index is 1150. The van der Waals surface area contributed by atoms with Crippen molar-refractivity contribution in [3.63, 3.8) is 0 Å². The van der Waals surface area contributed by atoms with E-state index in [2.05, 4.69) is 20.4 Å². The van der Waals surface area contributed by atoms with Gasteiger partial charge in [-0.2, -0.15) is 5.10 Å². The van der Waals surface area contributed by atoms with E-state index in [4.69, 9.17) is 4.42 Å². The van der Waals surface area contributed by atoms with E-state index in [9.17, 15) is 13.6 Å². The summed E-state index contributed by atoms with van der Waals surface area (Å²) in [6.07, 6.45) is 3.65. The van der Waals surface area contributed by atoms with Gasteiger partial charge in [0.25, 0.3) is 12.3 Å². The van der Waals surface area contributed by atoms with Crippen molar-refractivity contribution in [1.82, 2.24) is 19.7 Å². The first kappa shape index (κ1) is 19.4. The molecule has 0 saturated carbocycles. The van der Waals surface area contributed by atoms with E-state index >= 15 is 0 Å². The highest BCUT2D eigenvalue weighted by molar-refractivity contribution is 6.03. The number of anilines is 1. The minimum atomic E-state index is -2.86. The van der Waals surface area contributed by atoms with E-state index < -0.39 is 18.0 Å². The lowest BCUT2D eigenvalue weighted by molar-refractivity contribution is 0.102. The standard InChI is InChI=1S/C21H17F2N5O2/c1-2-13-3-5-15(6-4-13)28-11-16(18(27-28)19(22)23)25-20(29)17-12-30-21(26-17)14-7-9-24-10-8-14/h3-12,19H,2H2,1H3,(H,25,29). The number of alkyl halides is 2. The van der Waals surface area contributed by atoms with Crippen LogP contribution in [0.4, 0.5) is 14.5 Å². The Kier molecular flexibility index (Phi) is 5.34. The van der Waals surface area contributed by atoms with Crippen molar-refractivity contribution >= 4 is 11.6 Å². The van der Waals surface area contributed by atoms with E-state index in [0.717, 1.165) is 12.0 Å². The van der Waals surface area contributed by atoms with Crippen LogP contribution < -0.4 is 5.32 Å². The summed E-state index contributed by atoms with van der Waals surface area (Å²) in [6, 6.07) is 10.7. The summed E-state index contributed by atoms with van der Waals surface area (Å²) in [6.45, 7) is 2.02. The lowest BCUT2D eigenvalue weighted by atomic mass is 10.1.